The molecule has 0 aromatic heterocycles. The van der Waals surface area contributed by atoms with E-state index in [1.165, 1.54) is 30.3 Å². The zero-order valence-corrected chi connectivity index (χ0v) is 13.7. The van der Waals surface area contributed by atoms with Crippen molar-refractivity contribution in [3.8, 4) is 5.75 Å². The first kappa shape index (κ1) is 18.8. The van der Waals surface area contributed by atoms with Gasteiger partial charge in [0.1, 0.15) is 5.82 Å². The summed E-state index contributed by atoms with van der Waals surface area (Å²) in [6.07, 6.45) is 0. The van der Waals surface area contributed by atoms with Gasteiger partial charge in [0.05, 0.1) is 17.1 Å². The molecule has 0 bridgehead atoms. The summed E-state index contributed by atoms with van der Waals surface area (Å²) in [7, 11) is 0. The lowest BCUT2D eigenvalue weighted by Gasteiger charge is -2.08. The molecular formula is C17H15FN2O6. The molecule has 0 saturated heterocycles. The number of anilines is 1. The normalized spacial score (nSPS) is 10.1. The van der Waals surface area contributed by atoms with Crippen molar-refractivity contribution in [2.24, 2.45) is 0 Å². The Morgan fingerprint density at radius 3 is 2.65 bits per heavy atom. The summed E-state index contributed by atoms with van der Waals surface area (Å²) in [4.78, 5) is 34.1. The molecule has 0 aliphatic carbocycles. The molecule has 9 heteroatoms. The van der Waals surface area contributed by atoms with E-state index in [0.717, 1.165) is 12.1 Å². The maximum atomic E-state index is 13.0. The second kappa shape index (κ2) is 8.56. The van der Waals surface area contributed by atoms with Gasteiger partial charge in [-0.1, -0.05) is 6.07 Å². The monoisotopic (exact) mass is 362 g/mol. The number of hydrogen-bond acceptors (Lipinski definition) is 6. The van der Waals surface area contributed by atoms with Crippen molar-refractivity contribution in [3.63, 3.8) is 0 Å². The van der Waals surface area contributed by atoms with E-state index in [0.29, 0.717) is 0 Å². The first-order valence-corrected chi connectivity index (χ1v) is 7.54. The molecule has 1 N–H and O–H groups in total. The van der Waals surface area contributed by atoms with Crippen molar-refractivity contribution in [3.05, 3.63) is 64.0 Å². The number of rotatable bonds is 7. The lowest BCUT2D eigenvalue weighted by molar-refractivity contribution is -0.385. The molecule has 136 valence electrons. The topological polar surface area (TPSA) is 108 Å². The number of nitrogens with zero attached hydrogens (tertiary/aromatic N) is 1. The molecule has 0 unspecified atom stereocenters. The van der Waals surface area contributed by atoms with E-state index in [4.69, 9.17) is 9.47 Å². The lowest BCUT2D eigenvalue weighted by Crippen LogP contribution is -2.21. The Bertz CT molecular complexity index is 840. The van der Waals surface area contributed by atoms with Gasteiger partial charge in [0.2, 0.25) is 0 Å². The quantitative estimate of drug-likeness (QED) is 0.461. The zero-order valence-electron chi connectivity index (χ0n) is 13.7. The number of halogens is 1. The summed E-state index contributed by atoms with van der Waals surface area (Å²) in [5.74, 6) is -2.09. The second-order valence-corrected chi connectivity index (χ2v) is 5.01. The largest absolute Gasteiger partial charge is 0.487 e. The van der Waals surface area contributed by atoms with Crippen LogP contribution in [0.5, 0.6) is 5.75 Å². The fourth-order valence-electron chi connectivity index (χ4n) is 2.04. The van der Waals surface area contributed by atoms with Crippen molar-refractivity contribution < 1.29 is 28.4 Å². The zero-order chi connectivity index (χ0) is 19.1. The van der Waals surface area contributed by atoms with E-state index in [-0.39, 0.29) is 29.3 Å². The van der Waals surface area contributed by atoms with Crippen LogP contribution in [0.15, 0.2) is 42.5 Å². The van der Waals surface area contributed by atoms with E-state index < -0.39 is 29.2 Å². The maximum absolute atomic E-state index is 13.0. The van der Waals surface area contributed by atoms with Gasteiger partial charge in [-0.05, 0) is 37.3 Å². The van der Waals surface area contributed by atoms with Crippen molar-refractivity contribution in [1.29, 1.82) is 0 Å². The number of esters is 1. The van der Waals surface area contributed by atoms with Gasteiger partial charge >= 0.3 is 11.7 Å². The van der Waals surface area contributed by atoms with Crippen LogP contribution in [0.2, 0.25) is 0 Å². The minimum Gasteiger partial charge on any atom is -0.487 e. The third-order valence-electron chi connectivity index (χ3n) is 3.13. The summed E-state index contributed by atoms with van der Waals surface area (Å²) in [6.45, 7) is 1.27. The number of nitro groups is 1. The molecule has 0 saturated carbocycles. The summed E-state index contributed by atoms with van der Waals surface area (Å²) < 4.78 is 23.0. The molecule has 0 aliphatic rings. The summed E-state index contributed by atoms with van der Waals surface area (Å²) in [5.41, 5.74) is -0.271. The Hall–Kier alpha value is -3.49. The first-order valence-electron chi connectivity index (χ1n) is 7.54. The fraction of sp³-hybridized carbons (Fsp3) is 0.176. The summed E-state index contributed by atoms with van der Waals surface area (Å²) in [5, 5.41) is 13.4. The van der Waals surface area contributed by atoms with Gasteiger partial charge in [0.25, 0.3) is 5.91 Å². The molecule has 0 spiro atoms. The number of carbonyl (C=O) groups excluding carboxylic acids is 2. The molecule has 2 aromatic rings. The Kier molecular flexibility index (Phi) is 6.20. The second-order valence-electron chi connectivity index (χ2n) is 5.01. The molecule has 1 amide bonds. The van der Waals surface area contributed by atoms with Gasteiger partial charge in [-0.3, -0.25) is 14.9 Å². The predicted octanol–water partition coefficient (Wildman–Crippen LogP) is 2.93. The van der Waals surface area contributed by atoms with Crippen LogP contribution in [0.4, 0.5) is 15.8 Å². The van der Waals surface area contributed by atoms with Crippen LogP contribution in [0, 0.1) is 15.9 Å². The minimum absolute atomic E-state index is 0.0258. The van der Waals surface area contributed by atoms with E-state index in [9.17, 15) is 24.1 Å². The molecule has 8 nitrogen and oxygen atoms in total. The SMILES string of the molecule is CCOc1ccc(C(=O)OCC(=O)Nc2cccc(F)c2)cc1[N+](=O)[O-]. The number of ether oxygens (including phenoxy) is 2. The molecule has 0 radical (unpaired) electrons. The molecule has 26 heavy (non-hydrogen) atoms. The van der Waals surface area contributed by atoms with E-state index >= 15 is 0 Å². The van der Waals surface area contributed by atoms with Gasteiger partial charge in [0, 0.05) is 11.8 Å². The number of amides is 1. The number of carbonyl (C=O) groups is 2. The standard InChI is InChI=1S/C17H15FN2O6/c1-2-25-15-7-6-11(8-14(15)20(23)24)17(22)26-10-16(21)19-13-5-3-4-12(18)9-13/h3-9H,2,10H2,1H3,(H,19,21). The van der Waals surface area contributed by atoms with Crippen molar-refractivity contribution in [1.82, 2.24) is 0 Å². The average Bonchev–Trinajstić information content (AvgIpc) is 2.60. The molecular weight excluding hydrogens is 347 g/mol. The Morgan fingerprint density at radius 1 is 1.23 bits per heavy atom. The van der Waals surface area contributed by atoms with Gasteiger partial charge in [-0.15, -0.1) is 0 Å². The number of hydrogen-bond donors (Lipinski definition) is 1. The van der Waals surface area contributed by atoms with Gasteiger partial charge in [-0.2, -0.15) is 0 Å². The lowest BCUT2D eigenvalue weighted by atomic mass is 10.2. The Labute approximate surface area is 147 Å². The predicted molar refractivity (Wildman–Crippen MR) is 89.6 cm³/mol. The molecule has 0 heterocycles. The summed E-state index contributed by atoms with van der Waals surface area (Å²) in [6, 6.07) is 8.80. The van der Waals surface area contributed by atoms with Crippen molar-refractivity contribution in [2.75, 3.05) is 18.5 Å². The number of nitro benzene ring substituents is 1. The van der Waals surface area contributed by atoms with Crippen LogP contribution in [0.3, 0.4) is 0 Å². The van der Waals surface area contributed by atoms with Gasteiger partial charge in [-0.25, -0.2) is 9.18 Å². The Morgan fingerprint density at radius 2 is 2.00 bits per heavy atom. The van der Waals surface area contributed by atoms with Gasteiger partial charge < -0.3 is 14.8 Å². The minimum atomic E-state index is -0.912. The van der Waals surface area contributed by atoms with Crippen LogP contribution in [0.25, 0.3) is 0 Å². The summed E-state index contributed by atoms with van der Waals surface area (Å²) >= 11 is 0. The Balaban J connectivity index is 2.00. The highest BCUT2D eigenvalue weighted by Gasteiger charge is 2.20. The van der Waals surface area contributed by atoms with E-state index in [1.807, 2.05) is 0 Å². The number of benzene rings is 2. The average molecular weight is 362 g/mol. The smallest absolute Gasteiger partial charge is 0.338 e. The molecule has 0 fully saturated rings. The third kappa shape index (κ3) is 5.00. The highest BCUT2D eigenvalue weighted by molar-refractivity contribution is 5.95. The molecule has 0 atom stereocenters. The fourth-order valence-corrected chi connectivity index (χ4v) is 2.04. The highest BCUT2D eigenvalue weighted by Crippen LogP contribution is 2.28. The van der Waals surface area contributed by atoms with Crippen LogP contribution >= 0.6 is 0 Å². The van der Waals surface area contributed by atoms with Crippen LogP contribution < -0.4 is 10.1 Å². The van der Waals surface area contributed by atoms with E-state index in [1.54, 1.807) is 6.92 Å². The maximum Gasteiger partial charge on any atom is 0.338 e. The van der Waals surface area contributed by atoms with E-state index in [2.05, 4.69) is 5.32 Å². The third-order valence-corrected chi connectivity index (χ3v) is 3.13. The van der Waals surface area contributed by atoms with Crippen molar-refractivity contribution in [2.45, 2.75) is 6.92 Å². The van der Waals surface area contributed by atoms with Crippen molar-refractivity contribution >= 4 is 23.3 Å². The highest BCUT2D eigenvalue weighted by atomic mass is 19.1. The van der Waals surface area contributed by atoms with Crippen LogP contribution in [-0.4, -0.2) is 30.0 Å². The van der Waals surface area contributed by atoms with Crippen LogP contribution in [-0.2, 0) is 9.53 Å². The van der Waals surface area contributed by atoms with Crippen LogP contribution in [0.1, 0.15) is 17.3 Å². The molecule has 2 rings (SSSR count). The number of nitrogens with one attached hydrogen (secondary N) is 1. The molecule has 2 aromatic carbocycles. The first-order chi connectivity index (χ1) is 12.4. The molecule has 0 aliphatic heterocycles. The van der Waals surface area contributed by atoms with Gasteiger partial charge in [0.15, 0.2) is 12.4 Å².